The number of halogens is 1. The zero-order valence-corrected chi connectivity index (χ0v) is 18.2. The van der Waals surface area contributed by atoms with Gasteiger partial charge in [0, 0.05) is 5.92 Å². The first-order valence-corrected chi connectivity index (χ1v) is 11.5. The van der Waals surface area contributed by atoms with Crippen LogP contribution in [-0.4, -0.2) is 0 Å². The standard InChI is InChI=1S/C31H25F/c1-20-7-2-4-9-24(20)26-11-6-12-28-27(26)17-18-29-25-10-5-3-8-22(25)19-30(31(28)29)21-13-15-23(32)16-14-21/h2-5,7-10,13-19,30H,6,11-12H2,1H3. The summed E-state index contributed by atoms with van der Waals surface area (Å²) in [5.74, 6) is -0.0536. The summed E-state index contributed by atoms with van der Waals surface area (Å²) in [5.41, 5.74) is 8.18. The number of fused-ring (bicyclic) bond motifs is 4. The van der Waals surface area contributed by atoms with E-state index in [4.69, 9.17) is 0 Å². The average molecular weight is 417 g/mol. The molecule has 0 aliphatic heterocycles. The molecule has 0 aromatic heterocycles. The predicted octanol–water partition coefficient (Wildman–Crippen LogP) is 5.88. The van der Waals surface area contributed by atoms with Gasteiger partial charge in [-0.25, -0.2) is 4.39 Å². The molecule has 4 aromatic rings. The van der Waals surface area contributed by atoms with Gasteiger partial charge in [-0.15, -0.1) is 0 Å². The van der Waals surface area contributed by atoms with Crippen LogP contribution < -0.4 is 10.4 Å². The zero-order valence-electron chi connectivity index (χ0n) is 18.2. The third kappa shape index (κ3) is 3.04. The molecule has 0 N–H and O–H groups in total. The van der Waals surface area contributed by atoms with Crippen molar-refractivity contribution >= 4 is 11.6 Å². The van der Waals surface area contributed by atoms with Crippen LogP contribution in [0.5, 0.6) is 0 Å². The van der Waals surface area contributed by atoms with Crippen molar-refractivity contribution in [1.82, 2.24) is 0 Å². The van der Waals surface area contributed by atoms with Crippen molar-refractivity contribution in [3.63, 3.8) is 0 Å². The highest BCUT2D eigenvalue weighted by atomic mass is 19.1. The fourth-order valence-electron chi connectivity index (χ4n) is 5.66. The van der Waals surface area contributed by atoms with Crippen molar-refractivity contribution in [2.75, 3.05) is 0 Å². The molecule has 0 saturated carbocycles. The van der Waals surface area contributed by atoms with Gasteiger partial charge in [0.15, 0.2) is 0 Å². The summed E-state index contributed by atoms with van der Waals surface area (Å²) < 4.78 is 13.7. The van der Waals surface area contributed by atoms with Crippen LogP contribution >= 0.6 is 0 Å². The minimum atomic E-state index is -0.185. The molecule has 1 atom stereocenters. The maximum absolute atomic E-state index is 13.7. The van der Waals surface area contributed by atoms with Gasteiger partial charge in [-0.05, 0) is 92.6 Å². The molecule has 32 heavy (non-hydrogen) atoms. The first kappa shape index (κ1) is 19.3. The molecule has 6 rings (SSSR count). The summed E-state index contributed by atoms with van der Waals surface area (Å²) in [4.78, 5) is 0. The topological polar surface area (TPSA) is 0 Å². The maximum atomic E-state index is 13.7. The Labute approximate surface area is 187 Å². The van der Waals surface area contributed by atoms with Crippen molar-refractivity contribution in [3.8, 4) is 0 Å². The second-order valence-corrected chi connectivity index (χ2v) is 8.98. The minimum Gasteiger partial charge on any atom is -0.207 e. The Morgan fingerprint density at radius 3 is 2.31 bits per heavy atom. The molecular weight excluding hydrogens is 391 g/mol. The first-order chi connectivity index (χ1) is 15.7. The first-order valence-electron chi connectivity index (χ1n) is 11.5. The van der Waals surface area contributed by atoms with Gasteiger partial charge in [-0.3, -0.25) is 0 Å². The second-order valence-electron chi connectivity index (χ2n) is 8.98. The quantitative estimate of drug-likeness (QED) is 0.383. The smallest absolute Gasteiger partial charge is 0.123 e. The number of aryl methyl sites for hydroxylation is 1. The van der Waals surface area contributed by atoms with Gasteiger partial charge in [-0.2, -0.15) is 0 Å². The summed E-state index contributed by atoms with van der Waals surface area (Å²) in [7, 11) is 0. The van der Waals surface area contributed by atoms with Crippen molar-refractivity contribution in [2.45, 2.75) is 32.1 Å². The van der Waals surface area contributed by atoms with Crippen LogP contribution in [-0.2, 0) is 6.42 Å². The monoisotopic (exact) mass is 416 g/mol. The molecule has 0 bridgehead atoms. The van der Waals surface area contributed by atoms with Gasteiger partial charge in [0.2, 0.25) is 0 Å². The number of hydrogen-bond donors (Lipinski definition) is 0. The molecular formula is C31H25F. The molecule has 0 spiro atoms. The Hall–Kier alpha value is -3.45. The normalized spacial score (nSPS) is 16.6. The molecule has 0 heterocycles. The van der Waals surface area contributed by atoms with Crippen molar-refractivity contribution in [1.29, 1.82) is 0 Å². The van der Waals surface area contributed by atoms with Crippen LogP contribution in [0.15, 0.2) is 84.9 Å². The minimum absolute atomic E-state index is 0.131. The van der Waals surface area contributed by atoms with Crippen LogP contribution in [0.25, 0.3) is 11.6 Å². The van der Waals surface area contributed by atoms with Crippen LogP contribution in [0, 0.1) is 23.2 Å². The van der Waals surface area contributed by atoms with E-state index in [1.165, 1.54) is 48.7 Å². The van der Waals surface area contributed by atoms with Crippen LogP contribution in [0.2, 0.25) is 0 Å². The average Bonchev–Trinajstić information content (AvgIpc) is 2.84. The Kier molecular flexibility index (Phi) is 4.57. The fraction of sp³-hybridized carbons (Fsp3) is 0.161. The van der Waals surface area contributed by atoms with Gasteiger partial charge >= 0.3 is 0 Å². The third-order valence-electron chi connectivity index (χ3n) is 7.14. The van der Waals surface area contributed by atoms with Gasteiger partial charge < -0.3 is 0 Å². The molecule has 4 aromatic carbocycles. The Morgan fingerprint density at radius 1 is 0.719 bits per heavy atom. The highest BCUT2D eigenvalue weighted by Crippen LogP contribution is 2.34. The van der Waals surface area contributed by atoms with Crippen molar-refractivity contribution in [3.05, 3.63) is 139 Å². The summed E-state index contributed by atoms with van der Waals surface area (Å²) in [6, 6.07) is 29.1. The van der Waals surface area contributed by atoms with Gasteiger partial charge in [0.25, 0.3) is 0 Å². The molecule has 0 amide bonds. The highest BCUT2D eigenvalue weighted by Gasteiger charge is 2.23. The van der Waals surface area contributed by atoms with Crippen LogP contribution in [0.1, 0.15) is 46.6 Å². The van der Waals surface area contributed by atoms with Gasteiger partial charge in [0.05, 0.1) is 0 Å². The molecule has 0 radical (unpaired) electrons. The van der Waals surface area contributed by atoms with Crippen LogP contribution in [0.3, 0.4) is 0 Å². The largest absolute Gasteiger partial charge is 0.207 e. The lowest BCUT2D eigenvalue weighted by molar-refractivity contribution is 0.627. The lowest BCUT2D eigenvalue weighted by Gasteiger charge is -2.26. The lowest BCUT2D eigenvalue weighted by Crippen LogP contribution is -2.25. The van der Waals surface area contributed by atoms with Gasteiger partial charge in [0.1, 0.15) is 5.82 Å². The van der Waals surface area contributed by atoms with Crippen molar-refractivity contribution in [2.24, 2.45) is 0 Å². The molecule has 0 nitrogen and oxygen atoms in total. The Bertz CT molecular complexity index is 1560. The molecule has 0 fully saturated rings. The Morgan fingerprint density at radius 2 is 1.47 bits per heavy atom. The van der Waals surface area contributed by atoms with E-state index in [-0.39, 0.29) is 11.7 Å². The van der Waals surface area contributed by atoms with E-state index in [9.17, 15) is 4.39 Å². The fourth-order valence-corrected chi connectivity index (χ4v) is 5.66. The Balaban J connectivity index is 1.74. The zero-order chi connectivity index (χ0) is 21.7. The van der Waals surface area contributed by atoms with E-state index in [0.29, 0.717) is 0 Å². The lowest BCUT2D eigenvalue weighted by atomic mass is 9.77. The highest BCUT2D eigenvalue weighted by molar-refractivity contribution is 5.71. The van der Waals surface area contributed by atoms with E-state index in [1.807, 2.05) is 12.1 Å². The number of benzene rings is 4. The maximum Gasteiger partial charge on any atom is 0.123 e. The van der Waals surface area contributed by atoms with Crippen molar-refractivity contribution < 1.29 is 4.39 Å². The van der Waals surface area contributed by atoms with E-state index < -0.39 is 0 Å². The second kappa shape index (κ2) is 7.60. The van der Waals surface area contributed by atoms with E-state index >= 15 is 0 Å². The predicted molar refractivity (Wildman–Crippen MR) is 129 cm³/mol. The summed E-state index contributed by atoms with van der Waals surface area (Å²) in [5, 5.41) is 5.27. The van der Waals surface area contributed by atoms with E-state index in [1.54, 1.807) is 12.1 Å². The van der Waals surface area contributed by atoms with E-state index in [2.05, 4.69) is 73.7 Å². The molecule has 1 unspecified atom stereocenters. The third-order valence-corrected chi connectivity index (χ3v) is 7.14. The number of hydrogen-bond acceptors (Lipinski definition) is 0. The molecule has 2 aliphatic rings. The van der Waals surface area contributed by atoms with Gasteiger partial charge in [-0.1, -0.05) is 78.9 Å². The molecule has 156 valence electrons. The summed E-state index contributed by atoms with van der Waals surface area (Å²) in [6.45, 7) is 2.21. The summed E-state index contributed by atoms with van der Waals surface area (Å²) >= 11 is 0. The van der Waals surface area contributed by atoms with E-state index in [0.717, 1.165) is 24.8 Å². The molecule has 1 heteroatoms. The molecule has 0 saturated heterocycles. The van der Waals surface area contributed by atoms with Crippen LogP contribution in [0.4, 0.5) is 4.39 Å². The SMILES string of the molecule is Cc1ccccc1C1=c2ccc3c(c2CCC1)C(c1ccc(F)cc1)C=c1ccccc1=3. The summed E-state index contributed by atoms with van der Waals surface area (Å²) in [6.07, 6.45) is 5.72. The molecule has 2 aliphatic carbocycles. The number of rotatable bonds is 2.